The highest BCUT2D eigenvalue weighted by atomic mass is 32.1. The quantitative estimate of drug-likeness (QED) is 0.827. The summed E-state index contributed by atoms with van der Waals surface area (Å²) < 4.78 is 5.12. The van der Waals surface area contributed by atoms with Crippen LogP contribution in [0.15, 0.2) is 29.6 Å². The number of methoxy groups -OCH3 is 1. The Morgan fingerprint density at radius 2 is 2.29 bits per heavy atom. The van der Waals surface area contributed by atoms with Gasteiger partial charge in [0.1, 0.15) is 5.01 Å². The van der Waals surface area contributed by atoms with Gasteiger partial charge in [0.25, 0.3) is 0 Å². The third kappa shape index (κ3) is 2.01. The highest BCUT2D eigenvalue weighted by molar-refractivity contribution is 7.09. The smallest absolute Gasteiger partial charge is 0.100 e. The van der Waals surface area contributed by atoms with E-state index in [4.69, 9.17) is 4.74 Å². The second-order valence-electron chi connectivity index (χ2n) is 4.40. The summed E-state index contributed by atoms with van der Waals surface area (Å²) in [6.45, 7) is 0.616. The number of fused-ring (bicyclic) bond motifs is 1. The number of benzene rings is 1. The number of hydrogen-bond donors (Lipinski definition) is 0. The first-order chi connectivity index (χ1) is 8.38. The van der Waals surface area contributed by atoms with Crippen LogP contribution in [-0.4, -0.2) is 12.1 Å². The molecule has 0 spiro atoms. The fourth-order valence-electron chi connectivity index (χ4n) is 2.51. The van der Waals surface area contributed by atoms with Crippen LogP contribution >= 0.6 is 11.3 Å². The lowest BCUT2D eigenvalue weighted by Gasteiger charge is -2.07. The molecule has 1 aliphatic carbocycles. The molecule has 2 nitrogen and oxygen atoms in total. The highest BCUT2D eigenvalue weighted by Gasteiger charge is 2.25. The van der Waals surface area contributed by atoms with E-state index >= 15 is 0 Å². The third-order valence-corrected chi connectivity index (χ3v) is 4.30. The summed E-state index contributed by atoms with van der Waals surface area (Å²) in [6.07, 6.45) is 2.37. The minimum atomic E-state index is 0.502. The number of aromatic nitrogens is 1. The second-order valence-corrected chi connectivity index (χ2v) is 5.29. The van der Waals surface area contributed by atoms with Crippen LogP contribution in [0.5, 0.6) is 0 Å². The Morgan fingerprint density at radius 3 is 3.18 bits per heavy atom. The Balaban J connectivity index is 1.90. The summed E-state index contributed by atoms with van der Waals surface area (Å²) in [5, 5.41) is 3.35. The van der Waals surface area contributed by atoms with E-state index in [0.29, 0.717) is 12.5 Å². The first-order valence-electron chi connectivity index (χ1n) is 5.89. The maximum absolute atomic E-state index is 5.12. The fraction of sp³-hybridized carbons (Fsp3) is 0.357. The van der Waals surface area contributed by atoms with Crippen LogP contribution in [-0.2, 0) is 17.8 Å². The zero-order valence-electron chi connectivity index (χ0n) is 9.85. The molecular formula is C14H15NOS. The van der Waals surface area contributed by atoms with Gasteiger partial charge in [-0.25, -0.2) is 4.98 Å². The van der Waals surface area contributed by atoms with Gasteiger partial charge in [0.2, 0.25) is 0 Å². The molecule has 0 fully saturated rings. The molecular weight excluding hydrogens is 230 g/mol. The van der Waals surface area contributed by atoms with Crippen molar-refractivity contribution in [3.05, 3.63) is 51.5 Å². The topological polar surface area (TPSA) is 22.1 Å². The Bertz CT molecular complexity index is 520. The largest absolute Gasteiger partial charge is 0.378 e. The molecule has 0 aliphatic heterocycles. The second kappa shape index (κ2) is 4.59. The zero-order chi connectivity index (χ0) is 11.7. The van der Waals surface area contributed by atoms with Gasteiger partial charge in [-0.1, -0.05) is 24.3 Å². The summed E-state index contributed by atoms with van der Waals surface area (Å²) in [4.78, 5) is 4.67. The van der Waals surface area contributed by atoms with Crippen LogP contribution in [0, 0.1) is 0 Å². The van der Waals surface area contributed by atoms with E-state index in [1.165, 1.54) is 29.0 Å². The Hall–Kier alpha value is -1.19. The molecule has 17 heavy (non-hydrogen) atoms. The number of thiazole rings is 1. The van der Waals surface area contributed by atoms with Crippen molar-refractivity contribution in [1.82, 2.24) is 4.98 Å². The zero-order valence-corrected chi connectivity index (χ0v) is 10.7. The van der Waals surface area contributed by atoms with Crippen LogP contribution in [0.3, 0.4) is 0 Å². The molecule has 1 atom stereocenters. The van der Waals surface area contributed by atoms with Crippen LogP contribution in [0.4, 0.5) is 0 Å². The predicted octanol–water partition coefficient (Wildman–Crippen LogP) is 3.37. The molecule has 0 bridgehead atoms. The van der Waals surface area contributed by atoms with Crippen molar-refractivity contribution in [2.75, 3.05) is 7.11 Å². The molecule has 0 saturated heterocycles. The molecule has 1 heterocycles. The average Bonchev–Trinajstić information content (AvgIpc) is 2.95. The predicted molar refractivity (Wildman–Crippen MR) is 69.4 cm³/mol. The van der Waals surface area contributed by atoms with Crippen LogP contribution in [0.25, 0.3) is 0 Å². The number of ether oxygens (including phenoxy) is 1. The Labute approximate surface area is 105 Å². The molecule has 1 aromatic heterocycles. The van der Waals surface area contributed by atoms with Gasteiger partial charge in [0.05, 0.1) is 12.3 Å². The van der Waals surface area contributed by atoms with E-state index in [1.807, 2.05) is 0 Å². The maximum Gasteiger partial charge on any atom is 0.100 e. The van der Waals surface area contributed by atoms with Crippen LogP contribution in [0.1, 0.15) is 34.2 Å². The molecule has 3 heteroatoms. The number of aryl methyl sites for hydroxylation is 1. The molecule has 88 valence electrons. The van der Waals surface area contributed by atoms with Gasteiger partial charge in [-0.3, -0.25) is 0 Å². The van der Waals surface area contributed by atoms with E-state index in [2.05, 4.69) is 34.6 Å². The summed E-state index contributed by atoms with van der Waals surface area (Å²) in [6, 6.07) is 8.73. The van der Waals surface area contributed by atoms with Crippen molar-refractivity contribution in [2.24, 2.45) is 0 Å². The van der Waals surface area contributed by atoms with Gasteiger partial charge in [-0.2, -0.15) is 0 Å². The normalized spacial score (nSPS) is 18.3. The summed E-state index contributed by atoms with van der Waals surface area (Å²) in [5.41, 5.74) is 4.00. The van der Waals surface area contributed by atoms with Gasteiger partial charge < -0.3 is 4.74 Å². The van der Waals surface area contributed by atoms with Crippen molar-refractivity contribution < 1.29 is 4.74 Å². The minimum Gasteiger partial charge on any atom is -0.378 e. The molecule has 1 unspecified atom stereocenters. The molecule has 0 N–H and O–H groups in total. The monoisotopic (exact) mass is 245 g/mol. The standard InChI is InChI=1S/C14H15NOS/c1-16-8-11-9-17-14(15-11)13-7-6-10-4-2-3-5-12(10)13/h2-5,9,13H,6-8H2,1H3. The molecule has 1 aliphatic rings. The summed E-state index contributed by atoms with van der Waals surface area (Å²) in [7, 11) is 1.71. The van der Waals surface area contributed by atoms with E-state index in [9.17, 15) is 0 Å². The van der Waals surface area contributed by atoms with E-state index in [1.54, 1.807) is 18.4 Å². The average molecular weight is 245 g/mol. The van der Waals surface area contributed by atoms with E-state index in [0.717, 1.165) is 5.69 Å². The highest BCUT2D eigenvalue weighted by Crippen LogP contribution is 2.39. The van der Waals surface area contributed by atoms with Gasteiger partial charge in [0, 0.05) is 18.4 Å². The Kier molecular flexibility index (Phi) is 2.95. The lowest BCUT2D eigenvalue weighted by molar-refractivity contribution is 0.182. The van der Waals surface area contributed by atoms with E-state index in [-0.39, 0.29) is 0 Å². The Morgan fingerprint density at radius 1 is 1.41 bits per heavy atom. The minimum absolute atomic E-state index is 0.502. The lowest BCUT2D eigenvalue weighted by Crippen LogP contribution is -1.96. The molecule has 0 saturated carbocycles. The van der Waals surface area contributed by atoms with Gasteiger partial charge in [0.15, 0.2) is 0 Å². The first-order valence-corrected chi connectivity index (χ1v) is 6.77. The van der Waals surface area contributed by atoms with Crippen LogP contribution in [0.2, 0.25) is 0 Å². The van der Waals surface area contributed by atoms with Gasteiger partial charge in [-0.05, 0) is 24.0 Å². The summed E-state index contributed by atoms with van der Waals surface area (Å²) >= 11 is 1.76. The van der Waals surface area contributed by atoms with Crippen molar-refractivity contribution in [3.8, 4) is 0 Å². The van der Waals surface area contributed by atoms with Gasteiger partial charge >= 0.3 is 0 Å². The molecule has 3 rings (SSSR count). The van der Waals surface area contributed by atoms with Crippen molar-refractivity contribution in [2.45, 2.75) is 25.4 Å². The molecule has 0 radical (unpaired) electrons. The van der Waals surface area contributed by atoms with E-state index < -0.39 is 0 Å². The fourth-order valence-corrected chi connectivity index (χ4v) is 3.47. The molecule has 1 aromatic carbocycles. The lowest BCUT2D eigenvalue weighted by atomic mass is 10.0. The summed E-state index contributed by atoms with van der Waals surface area (Å²) in [5.74, 6) is 0.502. The maximum atomic E-state index is 5.12. The third-order valence-electron chi connectivity index (χ3n) is 3.29. The van der Waals surface area contributed by atoms with Crippen molar-refractivity contribution >= 4 is 11.3 Å². The molecule has 0 amide bonds. The molecule has 2 aromatic rings. The number of nitrogens with zero attached hydrogens (tertiary/aromatic N) is 1. The SMILES string of the molecule is COCc1csc(C2CCc3ccccc32)n1. The first kappa shape index (κ1) is 10.9. The number of hydrogen-bond acceptors (Lipinski definition) is 3. The van der Waals surface area contributed by atoms with Gasteiger partial charge in [-0.15, -0.1) is 11.3 Å². The number of rotatable bonds is 3. The van der Waals surface area contributed by atoms with Crippen molar-refractivity contribution in [1.29, 1.82) is 0 Å². The van der Waals surface area contributed by atoms with Crippen molar-refractivity contribution in [3.63, 3.8) is 0 Å². The van der Waals surface area contributed by atoms with Crippen LogP contribution < -0.4 is 0 Å².